The number of carbonyl (C=O) groups is 1. The van der Waals surface area contributed by atoms with Gasteiger partial charge < -0.3 is 10.0 Å². The van der Waals surface area contributed by atoms with Gasteiger partial charge in [-0.2, -0.15) is 0 Å². The first-order chi connectivity index (χ1) is 6.07. The van der Waals surface area contributed by atoms with Gasteiger partial charge in [0.2, 0.25) is 5.91 Å². The third kappa shape index (κ3) is 6.11. The minimum absolute atomic E-state index is 0.0342. The highest BCUT2D eigenvalue weighted by atomic mass is 16.2. The number of amides is 1. The van der Waals surface area contributed by atoms with Crippen molar-refractivity contribution in [1.82, 2.24) is 4.90 Å². The van der Waals surface area contributed by atoms with Crippen molar-refractivity contribution in [2.24, 2.45) is 0 Å². The first-order valence-corrected chi connectivity index (χ1v) is 4.24. The molecule has 0 spiro atoms. The minimum Gasteiger partial charge on any atom is -0.396 e. The largest absolute Gasteiger partial charge is 0.396 e. The van der Waals surface area contributed by atoms with Gasteiger partial charge in [-0.3, -0.25) is 4.79 Å². The number of aliphatic hydroxyl groups is 1. The molecule has 0 aromatic carbocycles. The molecule has 0 bridgehead atoms. The number of hydrogen-bond acceptors (Lipinski definition) is 2. The number of likely N-dealkylation sites (N-methyl/N-ethyl adjacent to an activating group) is 1. The van der Waals surface area contributed by atoms with Gasteiger partial charge in [-0.1, -0.05) is 17.7 Å². The van der Waals surface area contributed by atoms with Gasteiger partial charge in [0.15, 0.2) is 0 Å². The van der Waals surface area contributed by atoms with Crippen LogP contribution >= 0.6 is 0 Å². The average Bonchev–Trinajstić information content (AvgIpc) is 2.04. The average molecular weight is 183 g/mol. The van der Waals surface area contributed by atoms with Crippen LogP contribution in [0.2, 0.25) is 0 Å². The molecule has 0 aliphatic carbocycles. The first-order valence-electron chi connectivity index (χ1n) is 4.24. The van der Waals surface area contributed by atoms with Gasteiger partial charge in [0.1, 0.15) is 0 Å². The summed E-state index contributed by atoms with van der Waals surface area (Å²) in [4.78, 5) is 12.5. The predicted octanol–water partition coefficient (Wildman–Crippen LogP) is 0.960. The maximum Gasteiger partial charge on any atom is 0.246 e. The predicted molar refractivity (Wildman–Crippen MR) is 53.3 cm³/mol. The van der Waals surface area contributed by atoms with Gasteiger partial charge in [-0.05, 0) is 13.3 Å². The van der Waals surface area contributed by atoms with Crippen molar-refractivity contribution in [2.75, 3.05) is 20.7 Å². The van der Waals surface area contributed by atoms with Gasteiger partial charge in [-0.25, -0.2) is 0 Å². The molecule has 3 nitrogen and oxygen atoms in total. The second kappa shape index (κ2) is 6.43. The second-order valence-electron chi connectivity index (χ2n) is 3.08. The molecule has 0 unspecified atom stereocenters. The third-order valence-electron chi connectivity index (χ3n) is 1.57. The highest BCUT2D eigenvalue weighted by Gasteiger charge is 1.94. The molecule has 0 aromatic rings. The molecule has 0 atom stereocenters. The Morgan fingerprint density at radius 2 is 2.08 bits per heavy atom. The highest BCUT2D eigenvalue weighted by molar-refractivity contribution is 5.87. The molecule has 74 valence electrons. The van der Waals surface area contributed by atoms with E-state index in [9.17, 15) is 4.79 Å². The van der Waals surface area contributed by atoms with E-state index in [1.54, 1.807) is 20.2 Å². The van der Waals surface area contributed by atoms with Crippen LogP contribution in [0.1, 0.15) is 13.3 Å². The van der Waals surface area contributed by atoms with E-state index in [2.05, 4.69) is 0 Å². The zero-order valence-corrected chi connectivity index (χ0v) is 8.45. The number of hydrogen-bond donors (Lipinski definition) is 1. The van der Waals surface area contributed by atoms with Crippen molar-refractivity contribution in [3.8, 4) is 0 Å². The summed E-state index contributed by atoms with van der Waals surface area (Å²) in [5.41, 5.74) is 1.06. The molecular formula is C10H17NO2. The van der Waals surface area contributed by atoms with E-state index >= 15 is 0 Å². The van der Waals surface area contributed by atoms with E-state index in [1.807, 2.05) is 13.0 Å². The number of allylic oxidation sites excluding steroid dienone is 2. The Labute approximate surface area is 79.4 Å². The van der Waals surface area contributed by atoms with Gasteiger partial charge in [0.25, 0.3) is 0 Å². The highest BCUT2D eigenvalue weighted by Crippen LogP contribution is 1.98. The number of aliphatic hydroxyl groups excluding tert-OH is 1. The molecule has 0 radical (unpaired) electrons. The Morgan fingerprint density at radius 1 is 1.46 bits per heavy atom. The zero-order chi connectivity index (χ0) is 10.3. The summed E-state index contributed by atoms with van der Waals surface area (Å²) in [6.45, 7) is 2.07. The van der Waals surface area contributed by atoms with Gasteiger partial charge in [0, 0.05) is 26.8 Å². The molecule has 1 N–H and O–H groups in total. The van der Waals surface area contributed by atoms with Crippen LogP contribution in [-0.2, 0) is 4.79 Å². The molecule has 0 fully saturated rings. The van der Waals surface area contributed by atoms with Crippen molar-refractivity contribution >= 4 is 5.91 Å². The molecule has 1 amide bonds. The first kappa shape index (κ1) is 11.9. The summed E-state index contributed by atoms with van der Waals surface area (Å²) in [6.07, 6.45) is 5.69. The third-order valence-corrected chi connectivity index (χ3v) is 1.57. The van der Waals surface area contributed by atoms with Crippen molar-refractivity contribution < 1.29 is 9.90 Å². The molecule has 0 saturated carbocycles. The summed E-state index contributed by atoms with van der Waals surface area (Å²) in [5.74, 6) is -0.0342. The van der Waals surface area contributed by atoms with Crippen LogP contribution < -0.4 is 0 Å². The summed E-state index contributed by atoms with van der Waals surface area (Å²) in [7, 11) is 3.41. The summed E-state index contributed by atoms with van der Waals surface area (Å²) >= 11 is 0. The van der Waals surface area contributed by atoms with E-state index in [4.69, 9.17) is 5.11 Å². The van der Waals surface area contributed by atoms with E-state index in [0.29, 0.717) is 6.42 Å². The Hall–Kier alpha value is -1.09. The molecule has 0 aliphatic heterocycles. The van der Waals surface area contributed by atoms with Crippen LogP contribution in [0.3, 0.4) is 0 Å². The number of rotatable bonds is 4. The lowest BCUT2D eigenvalue weighted by Gasteiger charge is -2.04. The Morgan fingerprint density at radius 3 is 2.54 bits per heavy atom. The van der Waals surface area contributed by atoms with Crippen molar-refractivity contribution in [3.63, 3.8) is 0 Å². The summed E-state index contributed by atoms with van der Waals surface area (Å²) < 4.78 is 0. The lowest BCUT2D eigenvalue weighted by Crippen LogP contribution is -2.18. The lowest BCUT2D eigenvalue weighted by molar-refractivity contribution is -0.123. The fourth-order valence-corrected chi connectivity index (χ4v) is 0.703. The number of nitrogens with zero attached hydrogens (tertiary/aromatic N) is 1. The monoisotopic (exact) mass is 183 g/mol. The van der Waals surface area contributed by atoms with E-state index in [0.717, 1.165) is 5.57 Å². The van der Waals surface area contributed by atoms with Crippen LogP contribution in [0.4, 0.5) is 0 Å². The van der Waals surface area contributed by atoms with Crippen LogP contribution in [0.15, 0.2) is 23.8 Å². The van der Waals surface area contributed by atoms with E-state index in [-0.39, 0.29) is 12.5 Å². The van der Waals surface area contributed by atoms with Gasteiger partial charge in [0.05, 0.1) is 0 Å². The fourth-order valence-electron chi connectivity index (χ4n) is 0.703. The Balaban J connectivity index is 3.99. The smallest absolute Gasteiger partial charge is 0.246 e. The molecule has 0 aliphatic rings. The SMILES string of the molecule is C/C(=C/C=C/C(=O)N(C)C)CCO. The van der Waals surface area contributed by atoms with E-state index in [1.165, 1.54) is 11.0 Å². The molecule has 13 heavy (non-hydrogen) atoms. The molecular weight excluding hydrogens is 166 g/mol. The van der Waals surface area contributed by atoms with Crippen LogP contribution in [-0.4, -0.2) is 36.6 Å². The molecule has 0 aromatic heterocycles. The normalized spacial score (nSPS) is 12.2. The number of carbonyl (C=O) groups excluding carboxylic acids is 1. The molecule has 0 saturated heterocycles. The molecule has 3 heteroatoms. The summed E-state index contributed by atoms with van der Waals surface area (Å²) in [6, 6.07) is 0. The lowest BCUT2D eigenvalue weighted by atomic mass is 10.2. The topological polar surface area (TPSA) is 40.5 Å². The Kier molecular flexibility index (Phi) is 5.89. The maximum absolute atomic E-state index is 11.0. The Bertz CT molecular complexity index is 217. The molecule has 0 heterocycles. The quantitative estimate of drug-likeness (QED) is 0.521. The second-order valence-corrected chi connectivity index (χ2v) is 3.08. The fraction of sp³-hybridized carbons (Fsp3) is 0.500. The van der Waals surface area contributed by atoms with Crippen LogP contribution in [0.5, 0.6) is 0 Å². The standard InChI is InChI=1S/C10H17NO2/c1-9(7-8-12)5-4-6-10(13)11(2)3/h4-6,12H,7-8H2,1-3H3/b6-4+,9-5-. The van der Waals surface area contributed by atoms with Crippen molar-refractivity contribution in [2.45, 2.75) is 13.3 Å². The maximum atomic E-state index is 11.0. The van der Waals surface area contributed by atoms with Gasteiger partial charge in [-0.15, -0.1) is 0 Å². The van der Waals surface area contributed by atoms with Gasteiger partial charge >= 0.3 is 0 Å². The van der Waals surface area contributed by atoms with E-state index < -0.39 is 0 Å². The summed E-state index contributed by atoms with van der Waals surface area (Å²) in [5, 5.41) is 8.59. The minimum atomic E-state index is -0.0342. The zero-order valence-electron chi connectivity index (χ0n) is 8.45. The van der Waals surface area contributed by atoms with Crippen LogP contribution in [0.25, 0.3) is 0 Å². The molecule has 0 rings (SSSR count). The van der Waals surface area contributed by atoms with Crippen LogP contribution in [0, 0.1) is 0 Å². The van der Waals surface area contributed by atoms with Crippen molar-refractivity contribution in [3.05, 3.63) is 23.8 Å². The van der Waals surface area contributed by atoms with Crippen molar-refractivity contribution in [1.29, 1.82) is 0 Å².